The number of carbonyl (C=O) groups is 3. The highest BCUT2D eigenvalue weighted by molar-refractivity contribution is 5.82. The van der Waals surface area contributed by atoms with E-state index in [-0.39, 0.29) is 30.8 Å². The van der Waals surface area contributed by atoms with Gasteiger partial charge in [0.15, 0.2) is 5.79 Å². The van der Waals surface area contributed by atoms with Gasteiger partial charge in [0.2, 0.25) is 11.8 Å². The predicted molar refractivity (Wildman–Crippen MR) is 178 cm³/mol. The lowest BCUT2D eigenvalue weighted by Gasteiger charge is -2.44. The maximum Gasteiger partial charge on any atom is 0.308 e. The Balaban J connectivity index is 2.38. The number of rotatable bonds is 24. The number of ether oxygens (including phenoxy) is 2. The standard InChI is InChI=1S/C36H66N2O6/c1-8-9-10-11-12-13-14-15-16-17-18-19-20-21-22-23-31(39)38-30(24-28(2)3)25-29(34(41)42)26-37-33(40)32-35(4,5)27-43-36(6,7)44-32/h15-16,28-30,32H,8-14,17-27H2,1-7H3,(H,37,40)(H,38,39)(H,41,42)/b16-15-. The molecule has 0 aromatic rings. The zero-order valence-corrected chi connectivity index (χ0v) is 29.2. The average Bonchev–Trinajstić information content (AvgIpc) is 2.93. The number of hydrogen-bond donors (Lipinski definition) is 3. The van der Waals surface area contributed by atoms with Crippen LogP contribution in [0, 0.1) is 17.3 Å². The number of allylic oxidation sites excluding steroid dienone is 2. The van der Waals surface area contributed by atoms with Crippen molar-refractivity contribution in [3.63, 3.8) is 0 Å². The molecule has 3 atom stereocenters. The van der Waals surface area contributed by atoms with Crippen LogP contribution in [0.3, 0.4) is 0 Å². The number of hydrogen-bond acceptors (Lipinski definition) is 5. The van der Waals surface area contributed by atoms with Gasteiger partial charge in [-0.05, 0) is 64.7 Å². The maximum atomic E-state index is 13.0. The number of nitrogens with one attached hydrogen (secondary N) is 2. The van der Waals surface area contributed by atoms with Crippen LogP contribution in [-0.4, -0.2) is 54.0 Å². The summed E-state index contributed by atoms with van der Waals surface area (Å²) in [6.07, 6.45) is 21.0. The van der Waals surface area contributed by atoms with Crippen molar-refractivity contribution in [3.8, 4) is 0 Å². The Bertz CT molecular complexity index is 854. The second-order valence-electron chi connectivity index (χ2n) is 14.4. The Hall–Kier alpha value is -1.93. The fourth-order valence-electron chi connectivity index (χ4n) is 5.69. The minimum Gasteiger partial charge on any atom is -0.481 e. The Kier molecular flexibility index (Phi) is 19.8. The summed E-state index contributed by atoms with van der Waals surface area (Å²) in [5, 5.41) is 15.8. The average molecular weight is 623 g/mol. The molecule has 0 spiro atoms. The zero-order chi connectivity index (χ0) is 33.0. The molecule has 8 heteroatoms. The van der Waals surface area contributed by atoms with E-state index in [0.29, 0.717) is 25.4 Å². The third kappa shape index (κ3) is 18.1. The predicted octanol–water partition coefficient (Wildman–Crippen LogP) is 7.94. The number of carbonyl (C=O) groups excluding carboxylic acids is 2. The van der Waals surface area contributed by atoms with E-state index in [2.05, 4.69) is 43.6 Å². The Morgan fingerprint density at radius 2 is 1.43 bits per heavy atom. The van der Waals surface area contributed by atoms with Gasteiger partial charge in [-0.25, -0.2) is 0 Å². The molecular formula is C36H66N2O6. The van der Waals surface area contributed by atoms with E-state index >= 15 is 0 Å². The highest BCUT2D eigenvalue weighted by Gasteiger charge is 2.45. The molecule has 3 N–H and O–H groups in total. The fourth-order valence-corrected chi connectivity index (χ4v) is 5.69. The van der Waals surface area contributed by atoms with Gasteiger partial charge in [-0.2, -0.15) is 0 Å². The lowest BCUT2D eigenvalue weighted by atomic mass is 9.85. The van der Waals surface area contributed by atoms with E-state index in [4.69, 9.17) is 9.47 Å². The lowest BCUT2D eigenvalue weighted by Crippen LogP contribution is -2.57. The molecule has 0 aromatic heterocycles. The van der Waals surface area contributed by atoms with E-state index < -0.39 is 29.2 Å². The topological polar surface area (TPSA) is 114 Å². The first-order valence-corrected chi connectivity index (χ1v) is 17.5. The molecule has 0 saturated carbocycles. The van der Waals surface area contributed by atoms with Crippen LogP contribution < -0.4 is 10.6 Å². The molecule has 1 heterocycles. The molecule has 1 aliphatic heterocycles. The highest BCUT2D eigenvalue weighted by Crippen LogP contribution is 2.35. The monoisotopic (exact) mass is 622 g/mol. The molecule has 44 heavy (non-hydrogen) atoms. The Morgan fingerprint density at radius 1 is 0.864 bits per heavy atom. The number of carboxylic acid groups (broad SMARTS) is 1. The van der Waals surface area contributed by atoms with E-state index in [1.807, 2.05) is 13.8 Å². The largest absolute Gasteiger partial charge is 0.481 e. The van der Waals surface area contributed by atoms with Gasteiger partial charge in [0.25, 0.3) is 0 Å². The molecule has 3 unspecified atom stereocenters. The highest BCUT2D eigenvalue weighted by atomic mass is 16.7. The maximum absolute atomic E-state index is 13.0. The summed E-state index contributed by atoms with van der Waals surface area (Å²) in [5.74, 6) is -2.77. The van der Waals surface area contributed by atoms with E-state index in [1.54, 1.807) is 13.8 Å². The summed E-state index contributed by atoms with van der Waals surface area (Å²) < 4.78 is 11.6. The van der Waals surface area contributed by atoms with Crippen LogP contribution in [0.25, 0.3) is 0 Å². The Morgan fingerprint density at radius 3 is 2.00 bits per heavy atom. The molecule has 1 aliphatic rings. The van der Waals surface area contributed by atoms with Crippen LogP contribution in [0.1, 0.15) is 151 Å². The first-order valence-electron chi connectivity index (χ1n) is 17.5. The lowest BCUT2D eigenvalue weighted by molar-refractivity contribution is -0.304. The smallest absolute Gasteiger partial charge is 0.308 e. The molecule has 0 radical (unpaired) electrons. The second-order valence-corrected chi connectivity index (χ2v) is 14.4. The second kappa shape index (κ2) is 21.7. The van der Waals surface area contributed by atoms with Crippen LogP contribution in [0.5, 0.6) is 0 Å². The van der Waals surface area contributed by atoms with Gasteiger partial charge in [-0.1, -0.05) is 98.1 Å². The summed E-state index contributed by atoms with van der Waals surface area (Å²) >= 11 is 0. The van der Waals surface area contributed by atoms with Crippen molar-refractivity contribution in [1.29, 1.82) is 0 Å². The number of amides is 2. The van der Waals surface area contributed by atoms with Crippen LogP contribution >= 0.6 is 0 Å². The zero-order valence-electron chi connectivity index (χ0n) is 29.2. The molecule has 0 aromatic carbocycles. The van der Waals surface area contributed by atoms with Crippen molar-refractivity contribution in [2.75, 3.05) is 13.2 Å². The van der Waals surface area contributed by atoms with Gasteiger partial charge in [-0.3, -0.25) is 14.4 Å². The molecule has 256 valence electrons. The summed E-state index contributed by atoms with van der Waals surface area (Å²) in [6, 6.07) is -0.265. The van der Waals surface area contributed by atoms with Crippen LogP contribution in [0.15, 0.2) is 12.2 Å². The van der Waals surface area contributed by atoms with Crippen molar-refractivity contribution in [3.05, 3.63) is 12.2 Å². The third-order valence-corrected chi connectivity index (χ3v) is 8.37. The van der Waals surface area contributed by atoms with Crippen LogP contribution in [-0.2, 0) is 23.9 Å². The molecule has 8 nitrogen and oxygen atoms in total. The summed E-state index contributed by atoms with van der Waals surface area (Å²) in [6.45, 7) is 14.0. The molecule has 1 rings (SSSR count). The van der Waals surface area contributed by atoms with Gasteiger partial charge in [0.05, 0.1) is 12.5 Å². The molecule has 1 fully saturated rings. The summed E-state index contributed by atoms with van der Waals surface area (Å²) in [5.41, 5.74) is -0.545. The molecule has 2 amide bonds. The third-order valence-electron chi connectivity index (χ3n) is 8.37. The number of unbranched alkanes of at least 4 members (excludes halogenated alkanes) is 11. The van der Waals surface area contributed by atoms with E-state index in [1.165, 1.54) is 57.8 Å². The SMILES string of the molecule is CCCCCCCC/C=C\CCCCCCCC(=O)NC(CC(C)C)CC(CNC(=O)C1OC(C)(C)OCC1(C)C)C(=O)O. The van der Waals surface area contributed by atoms with Crippen molar-refractivity contribution in [2.24, 2.45) is 17.3 Å². The van der Waals surface area contributed by atoms with Gasteiger partial charge in [0, 0.05) is 24.4 Å². The van der Waals surface area contributed by atoms with Gasteiger partial charge in [0.1, 0.15) is 6.10 Å². The quantitative estimate of drug-likeness (QED) is 0.0744. The molecule has 0 aliphatic carbocycles. The molecule has 0 bridgehead atoms. The normalized spacial score (nSPS) is 19.1. The first kappa shape index (κ1) is 40.1. The van der Waals surface area contributed by atoms with Crippen molar-refractivity contribution >= 4 is 17.8 Å². The minimum atomic E-state index is -0.988. The van der Waals surface area contributed by atoms with Gasteiger partial charge in [-0.15, -0.1) is 0 Å². The van der Waals surface area contributed by atoms with Gasteiger partial charge < -0.3 is 25.2 Å². The number of aliphatic carboxylic acids is 1. The Labute approximate surface area is 268 Å². The van der Waals surface area contributed by atoms with Crippen molar-refractivity contribution in [2.45, 2.75) is 169 Å². The molecular weight excluding hydrogens is 556 g/mol. The van der Waals surface area contributed by atoms with Gasteiger partial charge >= 0.3 is 5.97 Å². The minimum absolute atomic E-state index is 0.0237. The number of carboxylic acids is 1. The van der Waals surface area contributed by atoms with Crippen molar-refractivity contribution in [1.82, 2.24) is 10.6 Å². The first-order chi connectivity index (χ1) is 20.8. The summed E-state index contributed by atoms with van der Waals surface area (Å²) in [4.78, 5) is 37.9. The van der Waals surface area contributed by atoms with Crippen LogP contribution in [0.2, 0.25) is 0 Å². The van der Waals surface area contributed by atoms with E-state index in [9.17, 15) is 19.5 Å². The summed E-state index contributed by atoms with van der Waals surface area (Å²) in [7, 11) is 0. The van der Waals surface area contributed by atoms with E-state index in [0.717, 1.165) is 25.7 Å². The van der Waals surface area contributed by atoms with Crippen molar-refractivity contribution < 1.29 is 29.0 Å². The fraction of sp³-hybridized carbons (Fsp3) is 0.861. The van der Waals surface area contributed by atoms with Crippen LogP contribution in [0.4, 0.5) is 0 Å². The molecule has 1 saturated heterocycles.